The molecule has 0 saturated carbocycles. The van der Waals surface area contributed by atoms with Crippen molar-refractivity contribution < 1.29 is 13.2 Å². The largest absolute Gasteiger partial charge is 0.353 e. The Bertz CT molecular complexity index is 1750. The molecule has 5 fully saturated rings. The van der Waals surface area contributed by atoms with Crippen LogP contribution in [0.4, 0.5) is 19.0 Å². The van der Waals surface area contributed by atoms with Crippen molar-refractivity contribution in [1.82, 2.24) is 30.1 Å². The van der Waals surface area contributed by atoms with Crippen LogP contribution in [0.1, 0.15) is 50.4 Å². The van der Waals surface area contributed by atoms with E-state index in [-0.39, 0.29) is 17.0 Å². The number of nitrogens with zero attached hydrogens (tertiary/aromatic N) is 6. The molecule has 0 aliphatic carbocycles. The zero-order valence-electron chi connectivity index (χ0n) is 26.7. The molecule has 46 heavy (non-hydrogen) atoms. The molecule has 0 spiro atoms. The van der Waals surface area contributed by atoms with Crippen LogP contribution in [0, 0.1) is 18.6 Å². The number of hydrogen-bond acceptors (Lipinski definition) is 7. The first-order valence-electron chi connectivity index (χ1n) is 17.0. The summed E-state index contributed by atoms with van der Waals surface area (Å²) in [6.07, 6.45) is 7.45. The number of benzene rings is 2. The van der Waals surface area contributed by atoms with Crippen LogP contribution in [-0.4, -0.2) is 94.4 Å². The minimum atomic E-state index is -0.521. The van der Waals surface area contributed by atoms with Crippen LogP contribution in [-0.2, 0) is 6.42 Å². The summed E-state index contributed by atoms with van der Waals surface area (Å²) in [4.78, 5) is 21.3. The number of halogens is 3. The lowest BCUT2D eigenvalue weighted by molar-refractivity contribution is 0.170. The number of alkyl halides is 1. The predicted octanol–water partition coefficient (Wildman–Crippen LogP) is 5.81. The second kappa shape index (κ2) is 12.0. The Balaban J connectivity index is 0.000000297. The van der Waals surface area contributed by atoms with Crippen molar-refractivity contribution in [1.29, 1.82) is 0 Å². The Morgan fingerprint density at radius 2 is 1.80 bits per heavy atom. The van der Waals surface area contributed by atoms with Gasteiger partial charge in [0.2, 0.25) is 0 Å². The number of rotatable bonds is 5. The Morgan fingerprint density at radius 1 is 1.00 bits per heavy atom. The SMILES string of the molecule is CCc1nc(N2CC3CCC(C2)N3CC2CN2)c2cnc(-c3cc(C)cc4cccc(F)c34)c(F)c2n1.FC1CC2CCCN2C1. The van der Waals surface area contributed by atoms with E-state index in [1.165, 1.54) is 31.7 Å². The third-order valence-corrected chi connectivity index (χ3v) is 10.7. The smallest absolute Gasteiger partial charge is 0.175 e. The first-order chi connectivity index (χ1) is 22.4. The van der Waals surface area contributed by atoms with Gasteiger partial charge in [0, 0.05) is 80.5 Å². The summed E-state index contributed by atoms with van der Waals surface area (Å²) in [6.45, 7) is 9.73. The molecule has 7 heterocycles. The Labute approximate surface area is 268 Å². The van der Waals surface area contributed by atoms with Gasteiger partial charge >= 0.3 is 0 Å². The van der Waals surface area contributed by atoms with Crippen LogP contribution in [0.3, 0.4) is 0 Å². The molecule has 4 aromatic rings. The number of fused-ring (bicyclic) bond motifs is 5. The summed E-state index contributed by atoms with van der Waals surface area (Å²) in [5.41, 5.74) is 1.75. The minimum absolute atomic E-state index is 0.125. The van der Waals surface area contributed by atoms with Crippen molar-refractivity contribution in [2.75, 3.05) is 44.2 Å². The molecule has 5 aliphatic heterocycles. The molecule has 2 bridgehead atoms. The van der Waals surface area contributed by atoms with Crippen LogP contribution in [0.15, 0.2) is 36.5 Å². The molecule has 0 amide bonds. The molecule has 5 atom stereocenters. The van der Waals surface area contributed by atoms with E-state index in [1.807, 2.05) is 26.0 Å². The Morgan fingerprint density at radius 3 is 2.54 bits per heavy atom. The van der Waals surface area contributed by atoms with Gasteiger partial charge in [-0.3, -0.25) is 14.8 Å². The maximum atomic E-state index is 16.3. The van der Waals surface area contributed by atoms with Crippen molar-refractivity contribution >= 4 is 27.5 Å². The van der Waals surface area contributed by atoms with Gasteiger partial charge in [-0.15, -0.1) is 0 Å². The van der Waals surface area contributed by atoms with E-state index >= 15 is 4.39 Å². The summed E-state index contributed by atoms with van der Waals surface area (Å²) in [5, 5.41) is 5.15. The van der Waals surface area contributed by atoms with E-state index in [2.05, 4.69) is 30.0 Å². The third-order valence-electron chi connectivity index (χ3n) is 10.7. The van der Waals surface area contributed by atoms with Crippen LogP contribution < -0.4 is 10.2 Å². The van der Waals surface area contributed by atoms with Gasteiger partial charge in [-0.2, -0.15) is 0 Å². The lowest BCUT2D eigenvalue weighted by Gasteiger charge is -2.41. The lowest BCUT2D eigenvalue weighted by atomic mass is 9.97. The van der Waals surface area contributed by atoms with E-state index in [9.17, 15) is 8.78 Å². The van der Waals surface area contributed by atoms with Crippen molar-refractivity contribution in [2.45, 2.75) is 82.7 Å². The predicted molar refractivity (Wildman–Crippen MR) is 176 cm³/mol. The highest BCUT2D eigenvalue weighted by Crippen LogP contribution is 2.38. The van der Waals surface area contributed by atoms with Crippen molar-refractivity contribution in [2.24, 2.45) is 0 Å². The molecule has 5 saturated heterocycles. The van der Waals surface area contributed by atoms with E-state index in [0.717, 1.165) is 55.9 Å². The van der Waals surface area contributed by atoms with Gasteiger partial charge in [-0.25, -0.2) is 23.1 Å². The average Bonchev–Trinajstić information content (AvgIpc) is 3.58. The zero-order chi connectivity index (χ0) is 31.5. The molecule has 242 valence electrons. The molecule has 2 aromatic heterocycles. The van der Waals surface area contributed by atoms with Gasteiger partial charge in [0.05, 0.1) is 5.39 Å². The molecule has 1 N–H and O–H groups in total. The van der Waals surface area contributed by atoms with Gasteiger partial charge in [-0.05, 0) is 68.7 Å². The van der Waals surface area contributed by atoms with Gasteiger partial charge < -0.3 is 10.2 Å². The summed E-state index contributed by atoms with van der Waals surface area (Å²) in [5.74, 6) is 0.463. The number of aromatic nitrogens is 3. The number of pyridine rings is 1. The molecule has 5 aliphatic rings. The number of hydrogen-bond donors (Lipinski definition) is 1. The number of nitrogens with one attached hydrogen (secondary N) is 1. The second-order valence-corrected chi connectivity index (χ2v) is 13.9. The molecular formula is C36H42F3N7. The zero-order valence-corrected chi connectivity index (χ0v) is 26.7. The molecular weight excluding hydrogens is 587 g/mol. The standard InChI is InChI=1S/C29H30F2N6.C7H12FN/c1-3-24-34-28-22(29(35-24)36-14-19-7-8-20(15-36)37(19)13-18-11-32-18)12-33-27(26(28)31)21-10-16(2)9-17-5-4-6-23(30)25(17)21;8-6-4-7-2-1-3-9(7)5-6/h4-6,9-10,12,18-20,32H,3,7-8,11,13-15H2,1-2H3;6-7H,1-5H2. The lowest BCUT2D eigenvalue weighted by Crippen LogP contribution is -2.55. The van der Waals surface area contributed by atoms with Crippen LogP contribution in [0.25, 0.3) is 32.9 Å². The minimum Gasteiger partial charge on any atom is -0.353 e. The van der Waals surface area contributed by atoms with Crippen LogP contribution in [0.2, 0.25) is 0 Å². The highest BCUT2D eigenvalue weighted by Gasteiger charge is 2.43. The van der Waals surface area contributed by atoms with E-state index in [1.54, 1.807) is 18.3 Å². The molecule has 2 aromatic carbocycles. The van der Waals surface area contributed by atoms with E-state index in [0.29, 0.717) is 59.3 Å². The second-order valence-electron chi connectivity index (χ2n) is 13.9. The fourth-order valence-corrected chi connectivity index (χ4v) is 8.35. The number of piperazine rings is 1. The monoisotopic (exact) mass is 629 g/mol. The van der Waals surface area contributed by atoms with Crippen molar-refractivity contribution in [3.05, 3.63) is 59.6 Å². The van der Waals surface area contributed by atoms with Crippen LogP contribution in [0.5, 0.6) is 0 Å². The maximum Gasteiger partial charge on any atom is 0.175 e. The van der Waals surface area contributed by atoms with E-state index in [4.69, 9.17) is 4.98 Å². The number of anilines is 1. The molecule has 0 radical (unpaired) electrons. The van der Waals surface area contributed by atoms with Gasteiger partial charge in [-0.1, -0.05) is 25.1 Å². The molecule has 5 unspecified atom stereocenters. The molecule has 7 nitrogen and oxygen atoms in total. The normalized spacial score (nSPS) is 27.3. The quantitative estimate of drug-likeness (QED) is 0.280. The first kappa shape index (κ1) is 30.0. The highest BCUT2D eigenvalue weighted by molar-refractivity contribution is 5.99. The van der Waals surface area contributed by atoms with Crippen molar-refractivity contribution in [3.63, 3.8) is 0 Å². The number of aryl methyl sites for hydroxylation is 2. The highest BCUT2D eigenvalue weighted by atomic mass is 19.1. The summed E-state index contributed by atoms with van der Waals surface area (Å²) in [6, 6.07) is 10.8. The fourth-order valence-electron chi connectivity index (χ4n) is 8.35. The van der Waals surface area contributed by atoms with E-state index < -0.39 is 12.0 Å². The fraction of sp³-hybridized carbons (Fsp3) is 0.528. The summed E-state index contributed by atoms with van der Waals surface area (Å²) >= 11 is 0. The summed E-state index contributed by atoms with van der Waals surface area (Å²) in [7, 11) is 0. The first-order valence-corrected chi connectivity index (χ1v) is 17.0. The summed E-state index contributed by atoms with van der Waals surface area (Å²) < 4.78 is 43.8. The van der Waals surface area contributed by atoms with Crippen molar-refractivity contribution in [3.8, 4) is 11.3 Å². The van der Waals surface area contributed by atoms with Gasteiger partial charge in [0.25, 0.3) is 0 Å². The molecule has 9 rings (SSSR count). The molecule has 10 heteroatoms. The van der Waals surface area contributed by atoms with Gasteiger partial charge in [0.1, 0.15) is 34.8 Å². The maximum absolute atomic E-state index is 16.3. The third kappa shape index (κ3) is 5.52. The average molecular weight is 630 g/mol. The topological polar surface area (TPSA) is 70.3 Å². The van der Waals surface area contributed by atoms with Gasteiger partial charge in [0.15, 0.2) is 5.82 Å². The Hall–Kier alpha value is -3.34. The Kier molecular flexibility index (Phi) is 7.85. The van der Waals surface area contributed by atoms with Crippen LogP contribution >= 0.6 is 0 Å².